The smallest absolute Gasteiger partial charge is 0.252 e. The highest BCUT2D eigenvalue weighted by molar-refractivity contribution is 6.30. The van der Waals surface area contributed by atoms with Crippen molar-refractivity contribution in [1.82, 2.24) is 5.32 Å². The SMILES string of the molecule is CC(C)(NC(=O)c1cccc(F)c1)c1ccc(Cl)cc1. The summed E-state index contributed by atoms with van der Waals surface area (Å²) in [5.41, 5.74) is 0.646. The van der Waals surface area contributed by atoms with Gasteiger partial charge >= 0.3 is 0 Å². The summed E-state index contributed by atoms with van der Waals surface area (Å²) in [6.07, 6.45) is 0. The lowest BCUT2D eigenvalue weighted by Gasteiger charge is -2.27. The van der Waals surface area contributed by atoms with Crippen LogP contribution in [-0.2, 0) is 5.54 Å². The Morgan fingerprint density at radius 1 is 1.15 bits per heavy atom. The van der Waals surface area contributed by atoms with Crippen molar-refractivity contribution in [3.05, 3.63) is 70.5 Å². The molecule has 0 radical (unpaired) electrons. The van der Waals surface area contributed by atoms with E-state index in [1.807, 2.05) is 26.0 Å². The first-order valence-electron chi connectivity index (χ1n) is 6.22. The van der Waals surface area contributed by atoms with Gasteiger partial charge in [0.1, 0.15) is 5.82 Å². The van der Waals surface area contributed by atoms with Crippen molar-refractivity contribution < 1.29 is 9.18 Å². The van der Waals surface area contributed by atoms with E-state index in [1.54, 1.807) is 18.2 Å². The molecule has 0 heterocycles. The predicted octanol–water partition coefficient (Wildman–Crippen LogP) is 4.14. The Hall–Kier alpha value is -1.87. The second-order valence-electron chi connectivity index (χ2n) is 5.10. The molecular weight excluding hydrogens is 277 g/mol. The van der Waals surface area contributed by atoms with Gasteiger partial charge < -0.3 is 5.32 Å². The second-order valence-corrected chi connectivity index (χ2v) is 5.53. The van der Waals surface area contributed by atoms with Gasteiger partial charge in [-0.3, -0.25) is 4.79 Å². The van der Waals surface area contributed by atoms with Crippen LogP contribution >= 0.6 is 11.6 Å². The van der Waals surface area contributed by atoms with Crippen LogP contribution in [0.3, 0.4) is 0 Å². The first-order valence-corrected chi connectivity index (χ1v) is 6.60. The number of halogens is 2. The number of hydrogen-bond acceptors (Lipinski definition) is 1. The third-order valence-electron chi connectivity index (χ3n) is 3.08. The first-order chi connectivity index (χ1) is 9.38. The Morgan fingerprint density at radius 2 is 1.80 bits per heavy atom. The maximum Gasteiger partial charge on any atom is 0.252 e. The zero-order valence-corrected chi connectivity index (χ0v) is 12.0. The third kappa shape index (κ3) is 3.36. The van der Waals surface area contributed by atoms with Crippen molar-refractivity contribution in [3.8, 4) is 0 Å². The van der Waals surface area contributed by atoms with Gasteiger partial charge in [0.2, 0.25) is 0 Å². The average molecular weight is 292 g/mol. The topological polar surface area (TPSA) is 29.1 Å². The third-order valence-corrected chi connectivity index (χ3v) is 3.33. The molecule has 0 aromatic heterocycles. The zero-order valence-electron chi connectivity index (χ0n) is 11.3. The predicted molar refractivity (Wildman–Crippen MR) is 78.3 cm³/mol. The molecule has 2 aromatic carbocycles. The van der Waals surface area contributed by atoms with Gasteiger partial charge in [-0.25, -0.2) is 4.39 Å². The Labute approximate surface area is 122 Å². The molecule has 0 spiro atoms. The van der Waals surface area contributed by atoms with Crippen LogP contribution in [0.25, 0.3) is 0 Å². The van der Waals surface area contributed by atoms with Crippen LogP contribution in [0.5, 0.6) is 0 Å². The Kier molecular flexibility index (Phi) is 4.09. The summed E-state index contributed by atoms with van der Waals surface area (Å²) in [4.78, 5) is 12.1. The molecule has 0 atom stereocenters. The molecule has 4 heteroatoms. The van der Waals surface area contributed by atoms with E-state index < -0.39 is 11.4 Å². The fourth-order valence-corrected chi connectivity index (χ4v) is 2.05. The molecule has 0 saturated carbocycles. The van der Waals surface area contributed by atoms with Crippen LogP contribution in [0, 0.1) is 5.82 Å². The van der Waals surface area contributed by atoms with Crippen molar-refractivity contribution >= 4 is 17.5 Å². The quantitative estimate of drug-likeness (QED) is 0.904. The van der Waals surface area contributed by atoms with Gasteiger partial charge in [0.15, 0.2) is 0 Å². The van der Waals surface area contributed by atoms with Gasteiger partial charge in [0, 0.05) is 10.6 Å². The van der Waals surface area contributed by atoms with Gasteiger partial charge in [-0.2, -0.15) is 0 Å². The summed E-state index contributed by atoms with van der Waals surface area (Å²) in [7, 11) is 0. The van der Waals surface area contributed by atoms with Crippen LogP contribution in [-0.4, -0.2) is 5.91 Å². The molecule has 1 amide bonds. The molecule has 0 aliphatic carbocycles. The lowest BCUT2D eigenvalue weighted by Crippen LogP contribution is -2.41. The molecule has 0 aliphatic heterocycles. The summed E-state index contributed by atoms with van der Waals surface area (Å²) in [6.45, 7) is 3.76. The highest BCUT2D eigenvalue weighted by atomic mass is 35.5. The second kappa shape index (κ2) is 5.63. The van der Waals surface area contributed by atoms with Gasteiger partial charge in [-0.15, -0.1) is 0 Å². The maximum absolute atomic E-state index is 13.1. The fourth-order valence-electron chi connectivity index (χ4n) is 1.92. The summed E-state index contributed by atoms with van der Waals surface area (Å²) in [6, 6.07) is 12.9. The standard InChI is InChI=1S/C16H15ClFNO/c1-16(2,12-6-8-13(17)9-7-12)19-15(20)11-4-3-5-14(18)10-11/h3-10H,1-2H3,(H,19,20). The van der Waals surface area contributed by atoms with Crippen molar-refractivity contribution in [1.29, 1.82) is 0 Å². The number of carbonyl (C=O) groups excluding carboxylic acids is 1. The maximum atomic E-state index is 13.1. The van der Waals surface area contributed by atoms with Gasteiger partial charge in [-0.1, -0.05) is 29.8 Å². The average Bonchev–Trinajstić information content (AvgIpc) is 2.38. The molecule has 0 aliphatic rings. The number of benzene rings is 2. The van der Waals surface area contributed by atoms with Crippen molar-refractivity contribution in [2.75, 3.05) is 0 Å². The minimum absolute atomic E-state index is 0.298. The minimum Gasteiger partial charge on any atom is -0.343 e. The first kappa shape index (κ1) is 14.5. The molecule has 0 fully saturated rings. The summed E-state index contributed by atoms with van der Waals surface area (Å²) < 4.78 is 13.1. The molecule has 1 N–H and O–H groups in total. The van der Waals surface area contributed by atoms with Crippen LogP contribution in [0.15, 0.2) is 48.5 Å². The summed E-state index contributed by atoms with van der Waals surface area (Å²) in [5, 5.41) is 3.53. The Balaban J connectivity index is 2.19. The number of rotatable bonds is 3. The summed E-state index contributed by atoms with van der Waals surface area (Å²) in [5.74, 6) is -0.744. The lowest BCUT2D eigenvalue weighted by atomic mass is 9.94. The van der Waals surface area contributed by atoms with E-state index in [9.17, 15) is 9.18 Å². The number of amides is 1. The number of carbonyl (C=O) groups is 1. The van der Waals surface area contributed by atoms with Crippen molar-refractivity contribution in [2.45, 2.75) is 19.4 Å². The molecule has 0 unspecified atom stereocenters. The molecule has 2 aromatic rings. The van der Waals surface area contributed by atoms with E-state index in [1.165, 1.54) is 18.2 Å². The molecule has 2 nitrogen and oxygen atoms in total. The summed E-state index contributed by atoms with van der Waals surface area (Å²) >= 11 is 5.85. The van der Waals surface area contributed by atoms with Crippen LogP contribution in [0.1, 0.15) is 29.8 Å². The monoisotopic (exact) mass is 291 g/mol. The lowest BCUT2D eigenvalue weighted by molar-refractivity contribution is 0.0911. The molecule has 0 saturated heterocycles. The number of nitrogens with one attached hydrogen (secondary N) is 1. The molecule has 2 rings (SSSR count). The molecule has 0 bridgehead atoms. The van der Waals surface area contributed by atoms with Crippen LogP contribution < -0.4 is 5.32 Å². The van der Waals surface area contributed by atoms with Gasteiger partial charge in [-0.05, 0) is 49.7 Å². The Bertz CT molecular complexity index is 623. The van der Waals surface area contributed by atoms with E-state index in [4.69, 9.17) is 11.6 Å². The zero-order chi connectivity index (χ0) is 14.8. The normalized spacial score (nSPS) is 11.2. The highest BCUT2D eigenvalue weighted by Crippen LogP contribution is 2.22. The minimum atomic E-state index is -0.575. The number of hydrogen-bond donors (Lipinski definition) is 1. The molecule has 20 heavy (non-hydrogen) atoms. The van der Waals surface area contributed by atoms with Crippen molar-refractivity contribution in [3.63, 3.8) is 0 Å². The van der Waals surface area contributed by atoms with E-state index in [0.717, 1.165) is 5.56 Å². The largest absolute Gasteiger partial charge is 0.343 e. The fraction of sp³-hybridized carbons (Fsp3) is 0.188. The van der Waals surface area contributed by atoms with Crippen LogP contribution in [0.2, 0.25) is 5.02 Å². The van der Waals surface area contributed by atoms with Gasteiger partial charge in [0.05, 0.1) is 5.54 Å². The van der Waals surface area contributed by atoms with E-state index in [2.05, 4.69) is 5.32 Å². The Morgan fingerprint density at radius 3 is 2.40 bits per heavy atom. The highest BCUT2D eigenvalue weighted by Gasteiger charge is 2.23. The molecule has 104 valence electrons. The van der Waals surface area contributed by atoms with Gasteiger partial charge in [0.25, 0.3) is 5.91 Å². The van der Waals surface area contributed by atoms with E-state index in [0.29, 0.717) is 10.6 Å². The van der Waals surface area contributed by atoms with Crippen LogP contribution in [0.4, 0.5) is 4.39 Å². The molecular formula is C16H15ClFNO. The van der Waals surface area contributed by atoms with E-state index in [-0.39, 0.29) is 5.91 Å². The van der Waals surface area contributed by atoms with Crippen molar-refractivity contribution in [2.24, 2.45) is 0 Å². The van der Waals surface area contributed by atoms with E-state index >= 15 is 0 Å².